The lowest BCUT2D eigenvalue weighted by atomic mass is 9.99. The highest BCUT2D eigenvalue weighted by molar-refractivity contribution is 7.99. The molecule has 1 saturated heterocycles. The standard InChI is InChI=1S/C13H16FNO2S.ClH/c14-11-1-3-12(4-2-11)18-9-10-5-7-15(8-6-10)13(16)17;/h1-4,10H,5-9H2,(H,16,17);1H. The van der Waals surface area contributed by atoms with Crippen LogP contribution in [0.1, 0.15) is 12.8 Å². The molecule has 0 saturated carbocycles. The highest BCUT2D eigenvalue weighted by atomic mass is 35.5. The van der Waals surface area contributed by atoms with Crippen molar-refractivity contribution in [1.29, 1.82) is 0 Å². The summed E-state index contributed by atoms with van der Waals surface area (Å²) in [5.74, 6) is 1.31. The van der Waals surface area contributed by atoms with Crippen LogP contribution in [-0.2, 0) is 0 Å². The first-order valence-corrected chi connectivity index (χ1v) is 7.00. The fourth-order valence-electron chi connectivity index (χ4n) is 2.04. The van der Waals surface area contributed by atoms with Gasteiger partial charge in [-0.2, -0.15) is 0 Å². The van der Waals surface area contributed by atoms with Gasteiger partial charge in [-0.3, -0.25) is 0 Å². The summed E-state index contributed by atoms with van der Waals surface area (Å²) in [7, 11) is 0. The average molecular weight is 306 g/mol. The van der Waals surface area contributed by atoms with Crippen LogP contribution in [-0.4, -0.2) is 34.9 Å². The lowest BCUT2D eigenvalue weighted by molar-refractivity contribution is 0.127. The molecule has 0 atom stereocenters. The molecule has 3 nitrogen and oxygen atoms in total. The summed E-state index contributed by atoms with van der Waals surface area (Å²) >= 11 is 1.71. The second-order valence-corrected chi connectivity index (χ2v) is 5.57. The summed E-state index contributed by atoms with van der Waals surface area (Å²) < 4.78 is 12.7. The zero-order chi connectivity index (χ0) is 13.0. The van der Waals surface area contributed by atoms with Gasteiger partial charge >= 0.3 is 6.09 Å². The fourth-order valence-corrected chi connectivity index (χ4v) is 3.13. The van der Waals surface area contributed by atoms with E-state index in [4.69, 9.17) is 5.11 Å². The summed E-state index contributed by atoms with van der Waals surface area (Å²) in [6, 6.07) is 6.50. The average Bonchev–Trinajstić information content (AvgIpc) is 2.38. The predicted octanol–water partition coefficient (Wildman–Crippen LogP) is 3.73. The van der Waals surface area contributed by atoms with E-state index in [-0.39, 0.29) is 18.2 Å². The number of hydrogen-bond acceptors (Lipinski definition) is 2. The maximum absolute atomic E-state index is 12.7. The zero-order valence-corrected chi connectivity index (χ0v) is 12.1. The molecule has 0 radical (unpaired) electrons. The first kappa shape index (κ1) is 16.1. The van der Waals surface area contributed by atoms with Gasteiger partial charge in [-0.05, 0) is 43.0 Å². The number of hydrogen-bond donors (Lipinski definition) is 1. The SMILES string of the molecule is Cl.O=C(O)N1CCC(CSc2ccc(F)cc2)CC1. The van der Waals surface area contributed by atoms with Gasteiger partial charge in [0.15, 0.2) is 0 Å². The summed E-state index contributed by atoms with van der Waals surface area (Å²) in [6.07, 6.45) is 1.01. The van der Waals surface area contributed by atoms with Crippen molar-refractivity contribution in [1.82, 2.24) is 4.90 Å². The molecule has 1 aliphatic heterocycles. The van der Waals surface area contributed by atoms with E-state index >= 15 is 0 Å². The normalized spacial score (nSPS) is 15.9. The molecule has 19 heavy (non-hydrogen) atoms. The Morgan fingerprint density at radius 1 is 1.32 bits per heavy atom. The van der Waals surface area contributed by atoms with E-state index in [0.29, 0.717) is 19.0 Å². The van der Waals surface area contributed by atoms with E-state index < -0.39 is 6.09 Å². The molecule has 2 rings (SSSR count). The summed E-state index contributed by atoms with van der Waals surface area (Å²) in [6.45, 7) is 1.26. The lowest BCUT2D eigenvalue weighted by Crippen LogP contribution is -2.37. The van der Waals surface area contributed by atoms with Crippen LogP contribution >= 0.6 is 24.2 Å². The highest BCUT2D eigenvalue weighted by Gasteiger charge is 2.22. The molecule has 0 unspecified atom stereocenters. The van der Waals surface area contributed by atoms with Crippen molar-refractivity contribution in [2.24, 2.45) is 5.92 Å². The molecule has 1 N–H and O–H groups in total. The number of piperidine rings is 1. The van der Waals surface area contributed by atoms with Gasteiger partial charge in [-0.25, -0.2) is 9.18 Å². The van der Waals surface area contributed by atoms with Gasteiger partial charge in [0, 0.05) is 23.7 Å². The number of amides is 1. The molecule has 0 aromatic heterocycles. The number of halogens is 2. The monoisotopic (exact) mass is 305 g/mol. The van der Waals surface area contributed by atoms with Crippen molar-refractivity contribution in [3.8, 4) is 0 Å². The van der Waals surface area contributed by atoms with Crippen molar-refractivity contribution in [2.75, 3.05) is 18.8 Å². The molecule has 1 heterocycles. The van der Waals surface area contributed by atoms with Gasteiger partial charge < -0.3 is 10.0 Å². The molecule has 6 heteroatoms. The summed E-state index contributed by atoms with van der Waals surface area (Å²) in [4.78, 5) is 13.3. The van der Waals surface area contributed by atoms with Crippen LogP contribution in [0.2, 0.25) is 0 Å². The Morgan fingerprint density at radius 3 is 2.42 bits per heavy atom. The van der Waals surface area contributed by atoms with Crippen LogP contribution in [0.25, 0.3) is 0 Å². The van der Waals surface area contributed by atoms with Crippen LogP contribution in [0.15, 0.2) is 29.2 Å². The minimum absolute atomic E-state index is 0. The van der Waals surface area contributed by atoms with Crippen molar-refractivity contribution in [3.63, 3.8) is 0 Å². The van der Waals surface area contributed by atoms with Gasteiger partial charge in [0.25, 0.3) is 0 Å². The van der Waals surface area contributed by atoms with Crippen LogP contribution < -0.4 is 0 Å². The van der Waals surface area contributed by atoms with Crippen molar-refractivity contribution < 1.29 is 14.3 Å². The quantitative estimate of drug-likeness (QED) is 0.865. The van der Waals surface area contributed by atoms with Gasteiger partial charge in [0.05, 0.1) is 0 Å². The van der Waals surface area contributed by atoms with Gasteiger partial charge in [0.1, 0.15) is 5.82 Å². The number of likely N-dealkylation sites (tertiary alicyclic amines) is 1. The van der Waals surface area contributed by atoms with E-state index in [2.05, 4.69) is 0 Å². The molecule has 0 spiro atoms. The number of carboxylic acid groups (broad SMARTS) is 1. The van der Waals surface area contributed by atoms with Gasteiger partial charge in [-0.1, -0.05) is 0 Å². The molecule has 1 aromatic rings. The minimum atomic E-state index is -0.820. The number of thioether (sulfide) groups is 1. The van der Waals surface area contributed by atoms with E-state index in [0.717, 1.165) is 23.5 Å². The Kier molecular flexibility index (Phi) is 6.45. The number of rotatable bonds is 3. The van der Waals surface area contributed by atoms with Crippen molar-refractivity contribution in [3.05, 3.63) is 30.1 Å². The topological polar surface area (TPSA) is 40.5 Å². The van der Waals surface area contributed by atoms with E-state index in [1.807, 2.05) is 0 Å². The minimum Gasteiger partial charge on any atom is -0.465 e. The molecule has 1 aliphatic rings. The summed E-state index contributed by atoms with van der Waals surface area (Å²) in [5.41, 5.74) is 0. The fraction of sp³-hybridized carbons (Fsp3) is 0.462. The van der Waals surface area contributed by atoms with E-state index in [1.165, 1.54) is 17.0 Å². The number of carbonyl (C=O) groups is 1. The Hall–Kier alpha value is -0.940. The number of benzene rings is 1. The Balaban J connectivity index is 0.00000180. The Morgan fingerprint density at radius 2 is 1.89 bits per heavy atom. The Bertz CT molecular complexity index is 408. The molecule has 0 bridgehead atoms. The zero-order valence-electron chi connectivity index (χ0n) is 10.4. The van der Waals surface area contributed by atoms with Crippen molar-refractivity contribution >= 4 is 30.3 Å². The molecular weight excluding hydrogens is 289 g/mol. The summed E-state index contributed by atoms with van der Waals surface area (Å²) in [5, 5.41) is 8.84. The highest BCUT2D eigenvalue weighted by Crippen LogP contribution is 2.26. The molecule has 0 aliphatic carbocycles. The third-order valence-electron chi connectivity index (χ3n) is 3.18. The molecule has 106 valence electrons. The van der Waals surface area contributed by atoms with Crippen LogP contribution in [0.3, 0.4) is 0 Å². The molecule has 1 fully saturated rings. The van der Waals surface area contributed by atoms with E-state index in [1.54, 1.807) is 23.9 Å². The van der Waals surface area contributed by atoms with Crippen molar-refractivity contribution in [2.45, 2.75) is 17.7 Å². The second kappa shape index (κ2) is 7.60. The smallest absolute Gasteiger partial charge is 0.407 e. The number of nitrogens with zero attached hydrogens (tertiary/aromatic N) is 1. The van der Waals surface area contributed by atoms with Gasteiger partial charge in [0.2, 0.25) is 0 Å². The van der Waals surface area contributed by atoms with Gasteiger partial charge in [-0.15, -0.1) is 24.2 Å². The maximum atomic E-state index is 12.7. The second-order valence-electron chi connectivity index (χ2n) is 4.48. The first-order chi connectivity index (χ1) is 8.65. The lowest BCUT2D eigenvalue weighted by Gasteiger charge is -2.29. The molecular formula is C13H17ClFNO2S. The molecule has 1 amide bonds. The largest absolute Gasteiger partial charge is 0.465 e. The Labute approximate surface area is 122 Å². The first-order valence-electron chi connectivity index (χ1n) is 6.01. The van der Waals surface area contributed by atoms with E-state index in [9.17, 15) is 9.18 Å². The van der Waals surface area contributed by atoms with Crippen LogP contribution in [0.4, 0.5) is 9.18 Å². The molecule has 1 aromatic carbocycles. The third kappa shape index (κ3) is 4.91. The predicted molar refractivity (Wildman–Crippen MR) is 76.7 cm³/mol. The van der Waals surface area contributed by atoms with Crippen LogP contribution in [0.5, 0.6) is 0 Å². The van der Waals surface area contributed by atoms with Crippen LogP contribution in [0, 0.1) is 11.7 Å². The third-order valence-corrected chi connectivity index (χ3v) is 4.43. The maximum Gasteiger partial charge on any atom is 0.407 e.